The summed E-state index contributed by atoms with van der Waals surface area (Å²) in [6, 6.07) is 16.3. The van der Waals surface area contributed by atoms with Gasteiger partial charge in [0.1, 0.15) is 5.82 Å². The Morgan fingerprint density at radius 3 is 2.59 bits per heavy atom. The Morgan fingerprint density at radius 2 is 1.91 bits per heavy atom. The number of hydrogen-bond acceptors (Lipinski definition) is 5. The van der Waals surface area contributed by atoms with Gasteiger partial charge in [-0.05, 0) is 17.5 Å². The number of hydrogen-bond donors (Lipinski definition) is 1. The molecule has 0 bridgehead atoms. The minimum absolute atomic E-state index is 0.00729. The van der Waals surface area contributed by atoms with Gasteiger partial charge < -0.3 is 5.32 Å². The van der Waals surface area contributed by atoms with Crippen LogP contribution in [0.3, 0.4) is 0 Å². The van der Waals surface area contributed by atoms with Crippen LogP contribution in [0.4, 0.5) is 11.5 Å². The van der Waals surface area contributed by atoms with E-state index in [0.29, 0.717) is 18.1 Å². The minimum atomic E-state index is -0.404. The Morgan fingerprint density at radius 1 is 1.09 bits per heavy atom. The van der Waals surface area contributed by atoms with Crippen LogP contribution in [-0.4, -0.2) is 9.91 Å². The van der Waals surface area contributed by atoms with Crippen LogP contribution < -0.4 is 5.32 Å². The fraction of sp³-hybridized carbons (Fsp3) is 0.0625. The van der Waals surface area contributed by atoms with Gasteiger partial charge >= 0.3 is 0 Å². The second-order valence-corrected chi connectivity index (χ2v) is 5.65. The van der Waals surface area contributed by atoms with Crippen molar-refractivity contribution < 1.29 is 4.92 Å². The van der Waals surface area contributed by atoms with Gasteiger partial charge in [-0.15, -0.1) is 11.3 Å². The summed E-state index contributed by atoms with van der Waals surface area (Å²) < 4.78 is 0. The molecule has 22 heavy (non-hydrogen) atoms. The zero-order valence-electron chi connectivity index (χ0n) is 11.6. The molecule has 3 rings (SSSR count). The second kappa shape index (κ2) is 6.36. The molecule has 0 unspecified atom stereocenters. The maximum absolute atomic E-state index is 11.2. The second-order valence-electron chi connectivity index (χ2n) is 4.62. The number of benzene rings is 1. The maximum atomic E-state index is 11.2. The SMILES string of the molecule is O=[N+]([O-])c1ccc(NCc2cccs2)nc1-c1ccccc1. The first-order chi connectivity index (χ1) is 10.7. The molecule has 0 aliphatic carbocycles. The van der Waals surface area contributed by atoms with Crippen LogP contribution >= 0.6 is 11.3 Å². The van der Waals surface area contributed by atoms with E-state index in [-0.39, 0.29) is 5.69 Å². The first-order valence-electron chi connectivity index (χ1n) is 6.71. The third-order valence-electron chi connectivity index (χ3n) is 3.14. The number of thiophene rings is 1. The smallest absolute Gasteiger partial charge is 0.295 e. The van der Waals surface area contributed by atoms with Crippen molar-refractivity contribution >= 4 is 22.8 Å². The number of nitrogens with one attached hydrogen (secondary N) is 1. The van der Waals surface area contributed by atoms with Crippen LogP contribution in [-0.2, 0) is 6.54 Å². The van der Waals surface area contributed by atoms with Crippen molar-refractivity contribution in [1.82, 2.24) is 4.98 Å². The Hall–Kier alpha value is -2.73. The molecule has 0 aliphatic rings. The number of nitro groups is 1. The molecule has 1 aromatic carbocycles. The predicted molar refractivity (Wildman–Crippen MR) is 88.0 cm³/mol. The summed E-state index contributed by atoms with van der Waals surface area (Å²) in [5.74, 6) is 0.623. The Labute approximate surface area is 131 Å². The van der Waals surface area contributed by atoms with Gasteiger partial charge in [0, 0.05) is 16.5 Å². The number of nitrogens with zero attached hydrogens (tertiary/aromatic N) is 2. The zero-order chi connectivity index (χ0) is 15.4. The predicted octanol–water partition coefficient (Wildman–Crippen LogP) is 4.33. The van der Waals surface area contributed by atoms with Gasteiger partial charge in [-0.1, -0.05) is 36.4 Å². The van der Waals surface area contributed by atoms with E-state index < -0.39 is 4.92 Å². The lowest BCUT2D eigenvalue weighted by Gasteiger charge is -2.07. The summed E-state index contributed by atoms with van der Waals surface area (Å²) in [5, 5.41) is 16.4. The molecule has 0 fully saturated rings. The molecule has 2 aromatic heterocycles. The summed E-state index contributed by atoms with van der Waals surface area (Å²) in [6.45, 7) is 0.650. The highest BCUT2D eigenvalue weighted by molar-refractivity contribution is 7.09. The third-order valence-corrected chi connectivity index (χ3v) is 4.02. The Kier molecular flexibility index (Phi) is 4.11. The molecule has 0 amide bonds. The summed E-state index contributed by atoms with van der Waals surface area (Å²) in [7, 11) is 0. The van der Waals surface area contributed by atoms with E-state index in [1.54, 1.807) is 17.4 Å². The molecule has 0 saturated carbocycles. The van der Waals surface area contributed by atoms with Crippen LogP contribution in [0.15, 0.2) is 60.0 Å². The summed E-state index contributed by atoms with van der Waals surface area (Å²) in [5.41, 5.74) is 1.11. The Bertz CT molecular complexity index is 773. The quantitative estimate of drug-likeness (QED) is 0.562. The fourth-order valence-corrected chi connectivity index (χ4v) is 2.74. The highest BCUT2D eigenvalue weighted by Crippen LogP contribution is 2.29. The van der Waals surface area contributed by atoms with E-state index in [1.807, 2.05) is 47.8 Å². The van der Waals surface area contributed by atoms with Gasteiger partial charge in [-0.25, -0.2) is 4.98 Å². The average molecular weight is 311 g/mol. The molecule has 5 nitrogen and oxygen atoms in total. The van der Waals surface area contributed by atoms with Gasteiger partial charge in [0.05, 0.1) is 11.5 Å². The van der Waals surface area contributed by atoms with E-state index >= 15 is 0 Å². The molecule has 0 radical (unpaired) electrons. The van der Waals surface area contributed by atoms with Gasteiger partial charge in [-0.3, -0.25) is 10.1 Å². The van der Waals surface area contributed by atoms with Crippen LogP contribution in [0.25, 0.3) is 11.3 Å². The van der Waals surface area contributed by atoms with Crippen molar-refractivity contribution in [2.75, 3.05) is 5.32 Å². The van der Waals surface area contributed by atoms with Gasteiger partial charge in [-0.2, -0.15) is 0 Å². The molecular formula is C16H13N3O2S. The molecule has 2 heterocycles. The summed E-state index contributed by atoms with van der Waals surface area (Å²) in [4.78, 5) is 16.4. The number of rotatable bonds is 5. The first-order valence-corrected chi connectivity index (χ1v) is 7.59. The molecular weight excluding hydrogens is 298 g/mol. The van der Waals surface area contributed by atoms with E-state index in [2.05, 4.69) is 10.3 Å². The number of pyridine rings is 1. The molecule has 110 valence electrons. The zero-order valence-corrected chi connectivity index (χ0v) is 12.4. The number of aromatic nitrogens is 1. The van der Waals surface area contributed by atoms with Crippen LogP contribution in [0, 0.1) is 10.1 Å². The van der Waals surface area contributed by atoms with Gasteiger partial charge in [0.25, 0.3) is 5.69 Å². The highest BCUT2D eigenvalue weighted by atomic mass is 32.1. The largest absolute Gasteiger partial charge is 0.365 e. The summed E-state index contributed by atoms with van der Waals surface area (Å²) in [6.07, 6.45) is 0. The molecule has 1 N–H and O–H groups in total. The first kappa shape index (κ1) is 14.2. The van der Waals surface area contributed by atoms with Gasteiger partial charge in [0.2, 0.25) is 0 Å². The van der Waals surface area contributed by atoms with Crippen LogP contribution in [0.5, 0.6) is 0 Å². The van der Waals surface area contributed by atoms with Crippen molar-refractivity contribution in [3.63, 3.8) is 0 Å². The normalized spacial score (nSPS) is 10.4. The summed E-state index contributed by atoms with van der Waals surface area (Å²) >= 11 is 1.65. The van der Waals surface area contributed by atoms with E-state index in [4.69, 9.17) is 0 Å². The molecule has 0 saturated heterocycles. The Balaban J connectivity index is 1.92. The molecule has 3 aromatic rings. The van der Waals surface area contributed by atoms with Crippen LogP contribution in [0.1, 0.15) is 4.88 Å². The molecule has 0 atom stereocenters. The lowest BCUT2D eigenvalue weighted by atomic mass is 10.1. The standard InChI is InChI=1S/C16H13N3O2S/c20-19(21)14-8-9-15(17-11-13-7-4-10-22-13)18-16(14)12-5-2-1-3-6-12/h1-10H,11H2,(H,17,18). The lowest BCUT2D eigenvalue weighted by molar-refractivity contribution is -0.384. The highest BCUT2D eigenvalue weighted by Gasteiger charge is 2.17. The van der Waals surface area contributed by atoms with Crippen LogP contribution in [0.2, 0.25) is 0 Å². The van der Waals surface area contributed by atoms with E-state index in [0.717, 1.165) is 5.56 Å². The monoisotopic (exact) mass is 311 g/mol. The molecule has 6 heteroatoms. The van der Waals surface area contributed by atoms with Crippen molar-refractivity contribution in [3.05, 3.63) is 75.0 Å². The third kappa shape index (κ3) is 3.12. The minimum Gasteiger partial charge on any atom is -0.365 e. The molecule has 0 spiro atoms. The van der Waals surface area contributed by atoms with Crippen molar-refractivity contribution in [2.24, 2.45) is 0 Å². The average Bonchev–Trinajstić information content (AvgIpc) is 3.07. The fourth-order valence-electron chi connectivity index (χ4n) is 2.10. The van der Waals surface area contributed by atoms with E-state index in [9.17, 15) is 10.1 Å². The number of anilines is 1. The van der Waals surface area contributed by atoms with E-state index in [1.165, 1.54) is 10.9 Å². The van der Waals surface area contributed by atoms with Crippen molar-refractivity contribution in [2.45, 2.75) is 6.54 Å². The molecule has 0 aliphatic heterocycles. The lowest BCUT2D eigenvalue weighted by Crippen LogP contribution is -2.02. The topological polar surface area (TPSA) is 68.1 Å². The van der Waals surface area contributed by atoms with Crippen molar-refractivity contribution in [3.8, 4) is 11.3 Å². The van der Waals surface area contributed by atoms with Crippen molar-refractivity contribution in [1.29, 1.82) is 0 Å². The van der Waals surface area contributed by atoms with Gasteiger partial charge in [0.15, 0.2) is 5.69 Å². The maximum Gasteiger partial charge on any atom is 0.295 e.